The normalized spacial score (nSPS) is 11.9. The number of carbonyl (C=O) groups is 2. The van der Waals surface area contributed by atoms with Gasteiger partial charge in [-0.05, 0) is 26.0 Å². The van der Waals surface area contributed by atoms with Crippen LogP contribution in [0, 0.1) is 5.82 Å². The number of hydrogen-bond donors (Lipinski definition) is 1. The van der Waals surface area contributed by atoms with Gasteiger partial charge in [-0.25, -0.2) is 4.39 Å². The maximum atomic E-state index is 13.0. The SMILES string of the molecule is CC(=O)c1ccc(F)cc1OC(C)C(N)=O. The van der Waals surface area contributed by atoms with Crippen LogP contribution in [0.5, 0.6) is 5.75 Å². The molecule has 0 saturated heterocycles. The number of primary amides is 1. The van der Waals surface area contributed by atoms with Gasteiger partial charge in [0.15, 0.2) is 11.9 Å². The zero-order valence-electron chi connectivity index (χ0n) is 8.99. The van der Waals surface area contributed by atoms with Gasteiger partial charge in [-0.2, -0.15) is 0 Å². The maximum absolute atomic E-state index is 13.0. The van der Waals surface area contributed by atoms with Crippen LogP contribution in [0.25, 0.3) is 0 Å². The molecule has 1 unspecified atom stereocenters. The summed E-state index contributed by atoms with van der Waals surface area (Å²) in [4.78, 5) is 22.0. The third-order valence-corrected chi connectivity index (χ3v) is 2.03. The Balaban J connectivity index is 3.05. The molecule has 1 amide bonds. The number of ketones is 1. The molecular formula is C11H12FNO3. The lowest BCUT2D eigenvalue weighted by molar-refractivity contribution is -0.124. The monoisotopic (exact) mass is 225 g/mol. The second-order valence-electron chi connectivity index (χ2n) is 3.36. The smallest absolute Gasteiger partial charge is 0.258 e. The molecule has 2 N–H and O–H groups in total. The molecule has 1 aromatic carbocycles. The molecule has 1 aromatic rings. The van der Waals surface area contributed by atoms with E-state index in [-0.39, 0.29) is 17.1 Å². The first-order valence-electron chi connectivity index (χ1n) is 4.68. The number of rotatable bonds is 4. The lowest BCUT2D eigenvalue weighted by atomic mass is 10.1. The summed E-state index contributed by atoms with van der Waals surface area (Å²) in [5.41, 5.74) is 5.22. The van der Waals surface area contributed by atoms with Crippen LogP contribution in [0.4, 0.5) is 4.39 Å². The number of Topliss-reactive ketones (excluding diaryl/α,β-unsaturated/α-hetero) is 1. The highest BCUT2D eigenvalue weighted by molar-refractivity contribution is 5.96. The van der Waals surface area contributed by atoms with Crippen molar-refractivity contribution in [1.29, 1.82) is 0 Å². The van der Waals surface area contributed by atoms with Gasteiger partial charge >= 0.3 is 0 Å². The molecule has 0 heterocycles. The zero-order valence-corrected chi connectivity index (χ0v) is 8.99. The van der Waals surface area contributed by atoms with E-state index in [0.29, 0.717) is 0 Å². The second kappa shape index (κ2) is 4.74. The fourth-order valence-corrected chi connectivity index (χ4v) is 1.13. The van der Waals surface area contributed by atoms with Crippen LogP contribution >= 0.6 is 0 Å². The highest BCUT2D eigenvalue weighted by Crippen LogP contribution is 2.21. The van der Waals surface area contributed by atoms with Crippen LogP contribution in [0.15, 0.2) is 18.2 Å². The lowest BCUT2D eigenvalue weighted by Gasteiger charge is -2.13. The number of amides is 1. The van der Waals surface area contributed by atoms with E-state index >= 15 is 0 Å². The molecule has 0 bridgehead atoms. The van der Waals surface area contributed by atoms with Crippen molar-refractivity contribution in [3.63, 3.8) is 0 Å². The second-order valence-corrected chi connectivity index (χ2v) is 3.36. The number of nitrogens with two attached hydrogens (primary N) is 1. The summed E-state index contributed by atoms with van der Waals surface area (Å²) in [7, 11) is 0. The van der Waals surface area contributed by atoms with E-state index in [0.717, 1.165) is 12.1 Å². The van der Waals surface area contributed by atoms with Gasteiger partial charge < -0.3 is 10.5 Å². The minimum atomic E-state index is -0.917. The zero-order chi connectivity index (χ0) is 12.3. The fourth-order valence-electron chi connectivity index (χ4n) is 1.13. The number of halogens is 1. The average molecular weight is 225 g/mol. The van der Waals surface area contributed by atoms with E-state index in [4.69, 9.17) is 10.5 Å². The molecule has 0 saturated carbocycles. The molecule has 0 spiro atoms. The van der Waals surface area contributed by atoms with Gasteiger partial charge in [-0.3, -0.25) is 9.59 Å². The van der Waals surface area contributed by atoms with E-state index in [1.807, 2.05) is 0 Å². The summed E-state index contributed by atoms with van der Waals surface area (Å²) in [6.07, 6.45) is -0.917. The number of ether oxygens (including phenoxy) is 1. The van der Waals surface area contributed by atoms with Crippen molar-refractivity contribution in [3.8, 4) is 5.75 Å². The first-order valence-corrected chi connectivity index (χ1v) is 4.68. The van der Waals surface area contributed by atoms with Crippen LogP contribution < -0.4 is 10.5 Å². The number of benzene rings is 1. The topological polar surface area (TPSA) is 69.4 Å². The molecule has 1 rings (SSSR count). The summed E-state index contributed by atoms with van der Waals surface area (Å²) < 4.78 is 18.1. The van der Waals surface area contributed by atoms with Gasteiger partial charge in [0.25, 0.3) is 5.91 Å². The van der Waals surface area contributed by atoms with Gasteiger partial charge in [-0.15, -0.1) is 0 Å². The Labute approximate surface area is 92.2 Å². The average Bonchev–Trinajstić information content (AvgIpc) is 2.16. The van der Waals surface area contributed by atoms with Crippen molar-refractivity contribution in [3.05, 3.63) is 29.6 Å². The summed E-state index contributed by atoms with van der Waals surface area (Å²) in [6.45, 7) is 2.76. The highest BCUT2D eigenvalue weighted by Gasteiger charge is 2.15. The summed E-state index contributed by atoms with van der Waals surface area (Å²) in [5.74, 6) is -1.47. The maximum Gasteiger partial charge on any atom is 0.258 e. The summed E-state index contributed by atoms with van der Waals surface area (Å²) in [6, 6.07) is 3.51. The summed E-state index contributed by atoms with van der Waals surface area (Å²) >= 11 is 0. The van der Waals surface area contributed by atoms with Crippen LogP contribution in [0.2, 0.25) is 0 Å². The van der Waals surface area contributed by atoms with Crippen molar-refractivity contribution in [2.24, 2.45) is 5.73 Å². The minimum absolute atomic E-state index is 0.0267. The Morgan fingerprint density at radius 3 is 2.56 bits per heavy atom. The highest BCUT2D eigenvalue weighted by atomic mass is 19.1. The predicted octanol–water partition coefficient (Wildman–Crippen LogP) is 1.28. The van der Waals surface area contributed by atoms with Crippen molar-refractivity contribution in [2.45, 2.75) is 20.0 Å². The Hall–Kier alpha value is -1.91. The quantitative estimate of drug-likeness (QED) is 0.785. The molecule has 1 atom stereocenters. The minimum Gasteiger partial charge on any atom is -0.480 e. The van der Waals surface area contributed by atoms with Gasteiger partial charge in [-0.1, -0.05) is 0 Å². The molecule has 86 valence electrons. The van der Waals surface area contributed by atoms with Crippen LogP contribution in [-0.4, -0.2) is 17.8 Å². The molecule has 5 heteroatoms. The van der Waals surface area contributed by atoms with Crippen LogP contribution in [0.1, 0.15) is 24.2 Å². The van der Waals surface area contributed by atoms with E-state index in [9.17, 15) is 14.0 Å². The first-order chi connectivity index (χ1) is 7.41. The third-order valence-electron chi connectivity index (χ3n) is 2.03. The van der Waals surface area contributed by atoms with Crippen molar-refractivity contribution in [2.75, 3.05) is 0 Å². The van der Waals surface area contributed by atoms with E-state index in [1.54, 1.807) is 0 Å². The van der Waals surface area contributed by atoms with Gasteiger partial charge in [0.2, 0.25) is 0 Å². The molecule has 4 nitrogen and oxygen atoms in total. The molecule has 0 aliphatic rings. The van der Waals surface area contributed by atoms with E-state index in [2.05, 4.69) is 0 Å². The number of carbonyl (C=O) groups excluding carboxylic acids is 2. The van der Waals surface area contributed by atoms with E-state index in [1.165, 1.54) is 19.9 Å². The molecule has 0 aromatic heterocycles. The van der Waals surface area contributed by atoms with Crippen LogP contribution in [0.3, 0.4) is 0 Å². The van der Waals surface area contributed by atoms with Gasteiger partial charge in [0.1, 0.15) is 11.6 Å². The van der Waals surface area contributed by atoms with Gasteiger partial charge in [0.05, 0.1) is 5.56 Å². The Morgan fingerprint density at radius 1 is 1.44 bits per heavy atom. The molecule has 0 radical (unpaired) electrons. The largest absolute Gasteiger partial charge is 0.480 e. The van der Waals surface area contributed by atoms with E-state index < -0.39 is 17.8 Å². The Kier molecular flexibility index (Phi) is 3.60. The van der Waals surface area contributed by atoms with Gasteiger partial charge in [0, 0.05) is 6.07 Å². The molecule has 0 aliphatic heterocycles. The standard InChI is InChI=1S/C11H12FNO3/c1-6(14)9-4-3-8(12)5-10(9)16-7(2)11(13)15/h3-5,7H,1-2H3,(H2,13,15). The molecule has 0 fully saturated rings. The molecule has 16 heavy (non-hydrogen) atoms. The third kappa shape index (κ3) is 2.79. The molecular weight excluding hydrogens is 213 g/mol. The Morgan fingerprint density at radius 2 is 2.06 bits per heavy atom. The predicted molar refractivity (Wildman–Crippen MR) is 55.7 cm³/mol. The Bertz CT molecular complexity index is 431. The van der Waals surface area contributed by atoms with Crippen LogP contribution in [-0.2, 0) is 4.79 Å². The molecule has 0 aliphatic carbocycles. The summed E-state index contributed by atoms with van der Waals surface area (Å²) in [5, 5.41) is 0. The van der Waals surface area contributed by atoms with Crippen molar-refractivity contribution >= 4 is 11.7 Å². The lowest BCUT2D eigenvalue weighted by Crippen LogP contribution is -2.31. The number of hydrogen-bond acceptors (Lipinski definition) is 3. The van der Waals surface area contributed by atoms with Crippen molar-refractivity contribution in [1.82, 2.24) is 0 Å². The van der Waals surface area contributed by atoms with Crippen molar-refractivity contribution < 1.29 is 18.7 Å². The first kappa shape index (κ1) is 12.2. The fraction of sp³-hybridized carbons (Fsp3) is 0.273.